The molecular formula is C25H34N6O4S. The van der Waals surface area contributed by atoms with E-state index in [-0.39, 0.29) is 28.2 Å². The minimum Gasteiger partial charge on any atom is -0.395 e. The molecule has 2 heterocycles. The Labute approximate surface area is 215 Å². The van der Waals surface area contributed by atoms with Crippen molar-refractivity contribution >= 4 is 34.9 Å². The molecule has 5 N–H and O–H groups in total. The molecule has 0 bridgehead atoms. The molecule has 1 saturated carbocycles. The Morgan fingerprint density at radius 2 is 1.86 bits per heavy atom. The molecule has 1 aliphatic heterocycles. The molecule has 1 atom stereocenters. The van der Waals surface area contributed by atoms with Crippen LogP contribution in [0.25, 0.3) is 0 Å². The SMILES string of the molecule is Cc1ccc(C(C(=O)NC2CCCC2)N(CCN2CCOCC2)C(=O)c2snc(C(N)=O)c2N)cc1. The summed E-state index contributed by atoms with van der Waals surface area (Å²) >= 11 is 0.830. The molecule has 1 aliphatic carbocycles. The fourth-order valence-corrected chi connectivity index (χ4v) is 5.51. The number of benzene rings is 1. The van der Waals surface area contributed by atoms with E-state index in [1.165, 1.54) is 0 Å². The van der Waals surface area contributed by atoms with E-state index in [4.69, 9.17) is 16.2 Å². The Morgan fingerprint density at radius 1 is 1.19 bits per heavy atom. The topological polar surface area (TPSA) is 144 Å². The quantitative estimate of drug-likeness (QED) is 0.462. The largest absolute Gasteiger partial charge is 0.395 e. The number of amides is 3. The van der Waals surface area contributed by atoms with E-state index >= 15 is 0 Å². The number of rotatable bonds is 9. The molecule has 2 aliphatic rings. The number of hydrogen-bond acceptors (Lipinski definition) is 8. The predicted molar refractivity (Wildman–Crippen MR) is 138 cm³/mol. The van der Waals surface area contributed by atoms with Crippen LogP contribution >= 0.6 is 11.5 Å². The number of nitrogens with two attached hydrogens (primary N) is 2. The third kappa shape index (κ3) is 6.03. The molecule has 1 aromatic heterocycles. The average molecular weight is 515 g/mol. The summed E-state index contributed by atoms with van der Waals surface area (Å²) in [5.74, 6) is -1.46. The molecule has 11 heteroatoms. The van der Waals surface area contributed by atoms with Gasteiger partial charge in [-0.3, -0.25) is 19.3 Å². The van der Waals surface area contributed by atoms with Crippen molar-refractivity contribution in [1.82, 2.24) is 19.5 Å². The molecule has 4 rings (SSSR count). The minimum atomic E-state index is -0.863. The molecule has 1 aromatic carbocycles. The third-order valence-corrected chi connectivity index (χ3v) is 7.68. The monoisotopic (exact) mass is 514 g/mol. The maximum atomic E-state index is 13.9. The van der Waals surface area contributed by atoms with Gasteiger partial charge in [0, 0.05) is 32.2 Å². The number of ether oxygens (including phenoxy) is 1. The molecule has 3 amide bonds. The standard InChI is InChI=1S/C25H34N6O4S/c1-16-6-8-17(9-7-16)21(24(33)28-18-4-2-3-5-18)31(11-10-30-12-14-35-15-13-30)25(34)22-19(26)20(23(27)32)29-36-22/h6-9,18,21H,2-5,10-15,26H2,1H3,(H2,27,32)(H,28,33). The number of carbonyl (C=O) groups excluding carboxylic acids is 3. The van der Waals surface area contributed by atoms with Gasteiger partial charge in [-0.2, -0.15) is 4.37 Å². The van der Waals surface area contributed by atoms with E-state index in [1.807, 2.05) is 31.2 Å². The predicted octanol–water partition coefficient (Wildman–Crippen LogP) is 1.71. The summed E-state index contributed by atoms with van der Waals surface area (Å²) in [4.78, 5) is 43.3. The average Bonchev–Trinajstić information content (AvgIpc) is 3.52. The lowest BCUT2D eigenvalue weighted by Gasteiger charge is -2.34. The summed E-state index contributed by atoms with van der Waals surface area (Å²) in [5.41, 5.74) is 13.1. The van der Waals surface area contributed by atoms with Crippen molar-refractivity contribution in [3.63, 3.8) is 0 Å². The van der Waals surface area contributed by atoms with Crippen molar-refractivity contribution < 1.29 is 19.1 Å². The van der Waals surface area contributed by atoms with Crippen molar-refractivity contribution in [3.05, 3.63) is 46.0 Å². The van der Waals surface area contributed by atoms with Gasteiger partial charge in [0.25, 0.3) is 11.8 Å². The van der Waals surface area contributed by atoms with Crippen LogP contribution in [-0.2, 0) is 9.53 Å². The van der Waals surface area contributed by atoms with Crippen LogP contribution in [-0.4, -0.2) is 77.3 Å². The first kappa shape index (κ1) is 26.1. The second kappa shape index (κ2) is 11.8. The Balaban J connectivity index is 1.69. The summed E-state index contributed by atoms with van der Waals surface area (Å²) in [6.45, 7) is 5.58. The second-order valence-electron chi connectivity index (χ2n) is 9.39. The minimum absolute atomic E-state index is 0.0484. The van der Waals surface area contributed by atoms with Crippen LogP contribution in [0.4, 0.5) is 5.69 Å². The van der Waals surface area contributed by atoms with E-state index in [1.54, 1.807) is 4.90 Å². The zero-order chi connectivity index (χ0) is 25.7. The highest BCUT2D eigenvalue weighted by molar-refractivity contribution is 7.09. The van der Waals surface area contributed by atoms with Gasteiger partial charge < -0.3 is 26.4 Å². The smallest absolute Gasteiger partial charge is 0.270 e. The fourth-order valence-electron chi connectivity index (χ4n) is 4.75. The Kier molecular flexibility index (Phi) is 8.55. The molecule has 1 unspecified atom stereocenters. The molecule has 1 saturated heterocycles. The lowest BCUT2D eigenvalue weighted by atomic mass is 10.0. The van der Waals surface area contributed by atoms with Crippen LogP contribution < -0.4 is 16.8 Å². The Hall–Kier alpha value is -3.02. The van der Waals surface area contributed by atoms with Crippen LogP contribution in [0.1, 0.15) is 63.0 Å². The van der Waals surface area contributed by atoms with Crippen molar-refractivity contribution in [3.8, 4) is 0 Å². The summed E-state index contributed by atoms with van der Waals surface area (Å²) < 4.78 is 9.46. The van der Waals surface area contributed by atoms with Crippen molar-refractivity contribution in [2.45, 2.75) is 44.7 Å². The number of aryl methyl sites for hydroxylation is 1. The molecule has 36 heavy (non-hydrogen) atoms. The molecule has 0 spiro atoms. The summed E-state index contributed by atoms with van der Waals surface area (Å²) in [6.07, 6.45) is 4.01. The Morgan fingerprint density at radius 3 is 2.47 bits per heavy atom. The Bertz CT molecular complexity index is 1080. The first-order valence-electron chi connectivity index (χ1n) is 12.4. The molecule has 0 radical (unpaired) electrons. The molecule has 194 valence electrons. The van der Waals surface area contributed by atoms with E-state index in [0.717, 1.165) is 55.9 Å². The molecular weight excluding hydrogens is 480 g/mol. The van der Waals surface area contributed by atoms with Gasteiger partial charge in [-0.05, 0) is 36.9 Å². The number of carbonyl (C=O) groups is 3. The van der Waals surface area contributed by atoms with Gasteiger partial charge in [0.1, 0.15) is 10.9 Å². The number of primary amides is 1. The first-order chi connectivity index (χ1) is 17.3. The fraction of sp³-hybridized carbons (Fsp3) is 0.520. The van der Waals surface area contributed by atoms with Crippen LogP contribution in [0, 0.1) is 6.92 Å². The van der Waals surface area contributed by atoms with Gasteiger partial charge in [0.15, 0.2) is 5.69 Å². The first-order valence-corrected chi connectivity index (χ1v) is 13.2. The lowest BCUT2D eigenvalue weighted by Crippen LogP contribution is -2.49. The highest BCUT2D eigenvalue weighted by Crippen LogP contribution is 2.30. The van der Waals surface area contributed by atoms with Crippen LogP contribution in [0.3, 0.4) is 0 Å². The number of hydrogen-bond donors (Lipinski definition) is 3. The summed E-state index contributed by atoms with van der Waals surface area (Å²) in [5, 5.41) is 3.17. The van der Waals surface area contributed by atoms with Gasteiger partial charge in [-0.15, -0.1) is 0 Å². The highest BCUT2D eigenvalue weighted by atomic mass is 32.1. The summed E-state index contributed by atoms with van der Waals surface area (Å²) in [6, 6.07) is 6.86. The van der Waals surface area contributed by atoms with Gasteiger partial charge >= 0.3 is 0 Å². The molecule has 2 fully saturated rings. The second-order valence-corrected chi connectivity index (χ2v) is 10.2. The maximum absolute atomic E-state index is 13.9. The van der Waals surface area contributed by atoms with Crippen molar-refractivity contribution in [1.29, 1.82) is 0 Å². The normalized spacial score (nSPS) is 17.6. The number of nitrogens with zero attached hydrogens (tertiary/aromatic N) is 3. The zero-order valence-electron chi connectivity index (χ0n) is 20.6. The number of nitrogens with one attached hydrogen (secondary N) is 1. The van der Waals surface area contributed by atoms with Gasteiger partial charge in [0.2, 0.25) is 5.91 Å². The van der Waals surface area contributed by atoms with Crippen LogP contribution in [0.5, 0.6) is 0 Å². The van der Waals surface area contributed by atoms with Crippen molar-refractivity contribution in [2.75, 3.05) is 45.1 Å². The number of anilines is 1. The van der Waals surface area contributed by atoms with E-state index in [9.17, 15) is 14.4 Å². The van der Waals surface area contributed by atoms with Crippen molar-refractivity contribution in [2.24, 2.45) is 5.73 Å². The van der Waals surface area contributed by atoms with Crippen LogP contribution in [0.2, 0.25) is 0 Å². The summed E-state index contributed by atoms with van der Waals surface area (Å²) in [7, 11) is 0. The van der Waals surface area contributed by atoms with Gasteiger partial charge in [-0.1, -0.05) is 42.7 Å². The van der Waals surface area contributed by atoms with Crippen LogP contribution in [0.15, 0.2) is 24.3 Å². The number of aromatic nitrogens is 1. The van der Waals surface area contributed by atoms with E-state index < -0.39 is 17.9 Å². The zero-order valence-corrected chi connectivity index (χ0v) is 21.4. The highest BCUT2D eigenvalue weighted by Gasteiger charge is 2.36. The lowest BCUT2D eigenvalue weighted by molar-refractivity contribution is -0.126. The maximum Gasteiger partial charge on any atom is 0.270 e. The van der Waals surface area contributed by atoms with Gasteiger partial charge in [0.05, 0.1) is 18.9 Å². The molecule has 2 aromatic rings. The number of nitrogen functional groups attached to an aromatic ring is 1. The number of morpholine rings is 1. The molecule has 10 nitrogen and oxygen atoms in total. The van der Waals surface area contributed by atoms with E-state index in [2.05, 4.69) is 14.6 Å². The van der Waals surface area contributed by atoms with Gasteiger partial charge in [-0.25, -0.2) is 0 Å². The van der Waals surface area contributed by atoms with E-state index in [0.29, 0.717) is 31.9 Å². The third-order valence-electron chi connectivity index (χ3n) is 6.83.